The largest absolute Gasteiger partial charge is 0.344 e. The van der Waals surface area contributed by atoms with E-state index in [1.165, 1.54) is 0 Å². The predicted octanol–water partition coefficient (Wildman–Crippen LogP) is 1.56. The van der Waals surface area contributed by atoms with Gasteiger partial charge in [-0.3, -0.25) is 4.79 Å². The number of H-pyrrole nitrogens is 1. The van der Waals surface area contributed by atoms with Crippen LogP contribution in [0.4, 0.5) is 0 Å². The van der Waals surface area contributed by atoms with Gasteiger partial charge in [0.25, 0.3) is 0 Å². The zero-order chi connectivity index (χ0) is 16.5. The van der Waals surface area contributed by atoms with Crippen LogP contribution in [0.2, 0.25) is 0 Å². The Hall–Kier alpha value is -2.96. The highest BCUT2D eigenvalue weighted by atomic mass is 16.2. The molecular formula is C17H18N6O. The molecule has 0 fully saturated rings. The lowest BCUT2D eigenvalue weighted by atomic mass is 10.1. The molecular weight excluding hydrogens is 304 g/mol. The molecule has 0 atom stereocenters. The average Bonchev–Trinajstić information content (AvgIpc) is 3.20. The van der Waals surface area contributed by atoms with Crippen LogP contribution in [-0.4, -0.2) is 42.1 Å². The number of benzene rings is 1. The number of nitrogens with zero attached hydrogens (tertiary/aromatic N) is 5. The van der Waals surface area contributed by atoms with Crippen molar-refractivity contribution >= 4 is 5.91 Å². The van der Waals surface area contributed by atoms with Crippen molar-refractivity contribution in [2.45, 2.75) is 26.4 Å². The maximum Gasteiger partial charge on any atom is 0.244 e. The number of aromatic nitrogens is 5. The molecule has 1 aromatic carbocycles. The van der Waals surface area contributed by atoms with Gasteiger partial charge in [0.2, 0.25) is 5.91 Å². The number of carbonyl (C=O) groups excluding carboxylic acids is 1. The van der Waals surface area contributed by atoms with Crippen LogP contribution >= 0.6 is 0 Å². The second-order valence-corrected chi connectivity index (χ2v) is 5.94. The first-order valence-electron chi connectivity index (χ1n) is 7.96. The molecule has 7 nitrogen and oxygen atoms in total. The van der Waals surface area contributed by atoms with Gasteiger partial charge in [-0.1, -0.05) is 30.3 Å². The van der Waals surface area contributed by atoms with Crippen molar-refractivity contribution in [3.63, 3.8) is 0 Å². The van der Waals surface area contributed by atoms with Crippen LogP contribution in [-0.2, 0) is 24.3 Å². The Labute approximate surface area is 139 Å². The van der Waals surface area contributed by atoms with E-state index < -0.39 is 0 Å². The molecule has 1 aliphatic heterocycles. The zero-order valence-electron chi connectivity index (χ0n) is 13.4. The molecule has 0 saturated heterocycles. The van der Waals surface area contributed by atoms with E-state index in [-0.39, 0.29) is 12.5 Å². The molecule has 0 radical (unpaired) electrons. The summed E-state index contributed by atoms with van der Waals surface area (Å²) in [6, 6.07) is 9.74. The van der Waals surface area contributed by atoms with Gasteiger partial charge >= 0.3 is 0 Å². The topological polar surface area (TPSA) is 79.7 Å². The van der Waals surface area contributed by atoms with Gasteiger partial charge in [0.05, 0.1) is 17.9 Å². The highest BCUT2D eigenvalue weighted by Crippen LogP contribution is 2.17. The van der Waals surface area contributed by atoms with Crippen LogP contribution in [0.5, 0.6) is 0 Å². The summed E-state index contributed by atoms with van der Waals surface area (Å²) < 4.78 is 1.60. The summed E-state index contributed by atoms with van der Waals surface area (Å²) >= 11 is 0. The van der Waals surface area contributed by atoms with Crippen molar-refractivity contribution in [1.29, 1.82) is 0 Å². The highest BCUT2D eigenvalue weighted by Gasteiger charge is 2.23. The normalized spacial score (nSPS) is 13.8. The van der Waals surface area contributed by atoms with E-state index in [0.29, 0.717) is 18.9 Å². The van der Waals surface area contributed by atoms with E-state index in [4.69, 9.17) is 0 Å². The van der Waals surface area contributed by atoms with Gasteiger partial charge < -0.3 is 9.88 Å². The molecule has 1 aliphatic rings. The highest BCUT2D eigenvalue weighted by molar-refractivity contribution is 5.76. The monoisotopic (exact) mass is 322 g/mol. The molecule has 0 spiro atoms. The van der Waals surface area contributed by atoms with Crippen molar-refractivity contribution in [2.75, 3.05) is 6.54 Å². The Bertz CT molecular complexity index is 866. The number of imidazole rings is 1. The third-order valence-electron chi connectivity index (χ3n) is 4.17. The van der Waals surface area contributed by atoms with Gasteiger partial charge in [-0.25, -0.2) is 14.6 Å². The number of aromatic amines is 1. The van der Waals surface area contributed by atoms with E-state index in [9.17, 15) is 4.79 Å². The van der Waals surface area contributed by atoms with Crippen molar-refractivity contribution in [3.05, 3.63) is 53.9 Å². The number of rotatable bonds is 3. The minimum absolute atomic E-state index is 0.0393. The summed E-state index contributed by atoms with van der Waals surface area (Å²) in [4.78, 5) is 26.3. The molecule has 4 rings (SSSR count). The van der Waals surface area contributed by atoms with E-state index in [1.807, 2.05) is 42.2 Å². The first-order chi connectivity index (χ1) is 11.7. The van der Waals surface area contributed by atoms with Gasteiger partial charge in [0.15, 0.2) is 5.82 Å². The summed E-state index contributed by atoms with van der Waals surface area (Å²) in [5.41, 5.74) is 3.05. The van der Waals surface area contributed by atoms with Gasteiger partial charge in [0.1, 0.15) is 18.7 Å². The summed E-state index contributed by atoms with van der Waals surface area (Å²) in [6.45, 7) is 3.40. The molecule has 2 aromatic heterocycles. The first-order valence-corrected chi connectivity index (χ1v) is 7.96. The van der Waals surface area contributed by atoms with Gasteiger partial charge in [0, 0.05) is 18.5 Å². The third-order valence-corrected chi connectivity index (χ3v) is 4.17. The number of aryl methyl sites for hydroxylation is 1. The van der Waals surface area contributed by atoms with Crippen LogP contribution in [0.1, 0.15) is 17.2 Å². The van der Waals surface area contributed by atoms with E-state index in [0.717, 1.165) is 29.2 Å². The van der Waals surface area contributed by atoms with Crippen LogP contribution in [0.25, 0.3) is 11.4 Å². The number of nitrogens with one attached hydrogen (secondary N) is 1. The molecule has 0 unspecified atom stereocenters. The molecule has 1 N–H and O–H groups in total. The standard InChI is InChI=1S/C17H18N6O/c1-12-19-14-7-8-22(9-15(14)20-12)16(24)10-23-11-18-17(21-23)13-5-3-2-4-6-13/h2-6,11H,7-10H2,1H3,(H,19,20). The quantitative estimate of drug-likeness (QED) is 0.793. The van der Waals surface area contributed by atoms with Crippen LogP contribution in [0.15, 0.2) is 36.7 Å². The smallest absolute Gasteiger partial charge is 0.244 e. The maximum absolute atomic E-state index is 12.5. The molecule has 122 valence electrons. The number of hydrogen-bond acceptors (Lipinski definition) is 4. The van der Waals surface area contributed by atoms with Crippen LogP contribution < -0.4 is 0 Å². The lowest BCUT2D eigenvalue weighted by Gasteiger charge is -2.26. The Morgan fingerprint density at radius 3 is 2.96 bits per heavy atom. The second kappa shape index (κ2) is 5.92. The van der Waals surface area contributed by atoms with Gasteiger partial charge in [-0.05, 0) is 6.92 Å². The Kier molecular flexibility index (Phi) is 3.60. The fraction of sp³-hybridized carbons (Fsp3) is 0.294. The van der Waals surface area contributed by atoms with Crippen molar-refractivity contribution in [1.82, 2.24) is 29.6 Å². The molecule has 0 bridgehead atoms. The predicted molar refractivity (Wildman–Crippen MR) is 87.9 cm³/mol. The molecule has 0 saturated carbocycles. The van der Waals surface area contributed by atoms with E-state index in [2.05, 4.69) is 20.1 Å². The van der Waals surface area contributed by atoms with Gasteiger partial charge in [-0.2, -0.15) is 5.10 Å². The number of carbonyl (C=O) groups is 1. The SMILES string of the molecule is Cc1nc2c([nH]1)CN(C(=O)Cn1cnc(-c3ccccc3)n1)CC2. The Morgan fingerprint density at radius 1 is 1.29 bits per heavy atom. The molecule has 0 aliphatic carbocycles. The van der Waals surface area contributed by atoms with Crippen LogP contribution in [0, 0.1) is 6.92 Å². The summed E-state index contributed by atoms with van der Waals surface area (Å²) in [7, 11) is 0. The fourth-order valence-corrected chi connectivity index (χ4v) is 2.98. The molecule has 24 heavy (non-hydrogen) atoms. The lowest BCUT2D eigenvalue weighted by Crippen LogP contribution is -2.38. The zero-order valence-corrected chi connectivity index (χ0v) is 13.4. The van der Waals surface area contributed by atoms with Crippen LogP contribution in [0.3, 0.4) is 0 Å². The summed E-state index contributed by atoms with van der Waals surface area (Å²) in [6.07, 6.45) is 2.40. The number of hydrogen-bond donors (Lipinski definition) is 1. The minimum atomic E-state index is 0.0393. The average molecular weight is 322 g/mol. The fourth-order valence-electron chi connectivity index (χ4n) is 2.98. The van der Waals surface area contributed by atoms with Crippen molar-refractivity contribution in [3.8, 4) is 11.4 Å². The Morgan fingerprint density at radius 2 is 2.12 bits per heavy atom. The first kappa shape index (κ1) is 14.6. The van der Waals surface area contributed by atoms with E-state index >= 15 is 0 Å². The Balaban J connectivity index is 1.44. The van der Waals surface area contributed by atoms with Crippen molar-refractivity contribution in [2.24, 2.45) is 0 Å². The maximum atomic E-state index is 12.5. The second-order valence-electron chi connectivity index (χ2n) is 5.94. The third kappa shape index (κ3) is 2.80. The van der Waals surface area contributed by atoms with Gasteiger partial charge in [-0.15, -0.1) is 0 Å². The molecule has 3 heterocycles. The lowest BCUT2D eigenvalue weighted by molar-refractivity contribution is -0.133. The number of fused-ring (bicyclic) bond motifs is 1. The molecule has 3 aromatic rings. The van der Waals surface area contributed by atoms with Crippen molar-refractivity contribution < 1.29 is 4.79 Å². The molecule has 1 amide bonds. The number of amides is 1. The van der Waals surface area contributed by atoms with E-state index in [1.54, 1.807) is 11.0 Å². The minimum Gasteiger partial charge on any atom is -0.344 e. The molecule has 7 heteroatoms. The summed E-state index contributed by atoms with van der Waals surface area (Å²) in [5.74, 6) is 1.57. The summed E-state index contributed by atoms with van der Waals surface area (Å²) in [5, 5.41) is 4.40.